The van der Waals surface area contributed by atoms with Gasteiger partial charge in [-0.15, -0.1) is 0 Å². The molecular formula is C10H8F2N2O2. The van der Waals surface area contributed by atoms with Gasteiger partial charge in [0.2, 0.25) is 5.90 Å². The Hall–Kier alpha value is -2.11. The van der Waals surface area contributed by atoms with Crippen LogP contribution in [0.4, 0.5) is 8.78 Å². The normalized spacial score (nSPS) is 9.69. The van der Waals surface area contributed by atoms with Crippen LogP contribution >= 0.6 is 0 Å². The predicted octanol–water partition coefficient (Wildman–Crippen LogP) is 2.12. The van der Waals surface area contributed by atoms with Gasteiger partial charge in [0.1, 0.15) is 11.6 Å². The van der Waals surface area contributed by atoms with Gasteiger partial charge in [-0.05, 0) is 12.1 Å². The van der Waals surface area contributed by atoms with Crippen LogP contribution in [0.15, 0.2) is 12.1 Å². The first kappa shape index (κ1) is 12.0. The van der Waals surface area contributed by atoms with Crippen LogP contribution in [0, 0.1) is 22.5 Å². The summed E-state index contributed by atoms with van der Waals surface area (Å²) < 4.78 is 30.8. The number of hydrogen-bond donors (Lipinski definition) is 2. The fraction of sp³-hybridized carbons (Fsp3) is 0.100. The van der Waals surface area contributed by atoms with Gasteiger partial charge >= 0.3 is 0 Å². The number of hydrogen-bond acceptors (Lipinski definition) is 4. The maximum Gasteiger partial charge on any atom is 0.221 e. The van der Waals surface area contributed by atoms with Gasteiger partial charge in [0.05, 0.1) is 5.56 Å². The third kappa shape index (κ3) is 2.47. The van der Waals surface area contributed by atoms with E-state index in [1.165, 1.54) is 6.92 Å². The molecule has 2 N–H and O–H groups in total. The molecule has 1 rings (SSSR count). The first-order valence-corrected chi connectivity index (χ1v) is 4.22. The summed E-state index contributed by atoms with van der Waals surface area (Å²) in [6, 6.07) is 1.61. The van der Waals surface area contributed by atoms with Gasteiger partial charge in [-0.25, -0.2) is 8.78 Å². The molecule has 0 aromatic heterocycles. The molecule has 0 spiro atoms. The molecule has 0 aliphatic rings. The van der Waals surface area contributed by atoms with Crippen molar-refractivity contribution in [2.24, 2.45) is 0 Å². The van der Waals surface area contributed by atoms with Crippen LogP contribution in [0.1, 0.15) is 22.8 Å². The van der Waals surface area contributed by atoms with E-state index in [1.54, 1.807) is 0 Å². The van der Waals surface area contributed by atoms with Crippen molar-refractivity contribution in [1.82, 2.24) is 0 Å². The molecule has 0 amide bonds. The molecule has 0 aliphatic carbocycles. The lowest BCUT2D eigenvalue weighted by atomic mass is 10.1. The van der Waals surface area contributed by atoms with Gasteiger partial charge in [0, 0.05) is 12.5 Å². The van der Waals surface area contributed by atoms with Crippen LogP contribution in [-0.4, -0.2) is 18.1 Å². The lowest BCUT2D eigenvalue weighted by molar-refractivity contribution is 0.111. The molecule has 1 aromatic carbocycles. The molecule has 6 heteroatoms. The van der Waals surface area contributed by atoms with E-state index in [2.05, 4.69) is 4.74 Å². The lowest BCUT2D eigenvalue weighted by Crippen LogP contribution is -2.10. The Morgan fingerprint density at radius 2 is 1.81 bits per heavy atom. The molecule has 0 atom stereocenters. The number of carbonyl (C=O) groups is 1. The molecular weight excluding hydrogens is 218 g/mol. The summed E-state index contributed by atoms with van der Waals surface area (Å²) >= 11 is 0. The van der Waals surface area contributed by atoms with E-state index in [4.69, 9.17) is 10.8 Å². The molecule has 0 fully saturated rings. The zero-order chi connectivity index (χ0) is 12.3. The zero-order valence-corrected chi connectivity index (χ0v) is 8.30. The van der Waals surface area contributed by atoms with Crippen molar-refractivity contribution in [1.29, 1.82) is 10.8 Å². The minimum Gasteiger partial charge on any atom is -0.426 e. The van der Waals surface area contributed by atoms with Crippen molar-refractivity contribution in [3.63, 3.8) is 0 Å². The van der Waals surface area contributed by atoms with E-state index < -0.39 is 23.1 Å². The molecule has 16 heavy (non-hydrogen) atoms. The third-order valence-corrected chi connectivity index (χ3v) is 1.71. The van der Waals surface area contributed by atoms with Crippen LogP contribution in [0.25, 0.3) is 0 Å². The van der Waals surface area contributed by atoms with Crippen LogP contribution < -0.4 is 0 Å². The van der Waals surface area contributed by atoms with Crippen molar-refractivity contribution >= 4 is 18.1 Å². The smallest absolute Gasteiger partial charge is 0.221 e. The number of ether oxygens (including phenoxy) is 1. The minimum absolute atomic E-state index is 0.0563. The van der Waals surface area contributed by atoms with Gasteiger partial charge in [-0.1, -0.05) is 0 Å². The SMILES string of the molecule is CC(=N)OC(=N)c1cc(F)c(C=O)c(F)c1. The maximum absolute atomic E-state index is 13.1. The lowest BCUT2D eigenvalue weighted by Gasteiger charge is -2.06. The Morgan fingerprint density at radius 3 is 2.19 bits per heavy atom. The molecule has 0 aliphatic heterocycles. The largest absolute Gasteiger partial charge is 0.426 e. The van der Waals surface area contributed by atoms with Gasteiger partial charge < -0.3 is 4.74 Å². The number of benzene rings is 1. The highest BCUT2D eigenvalue weighted by Crippen LogP contribution is 2.14. The summed E-state index contributed by atoms with van der Waals surface area (Å²) in [5.74, 6) is -2.96. The van der Waals surface area contributed by atoms with E-state index in [0.29, 0.717) is 0 Å². The Kier molecular flexibility index (Phi) is 3.44. The average Bonchev–Trinajstić information content (AvgIpc) is 2.16. The van der Waals surface area contributed by atoms with Gasteiger partial charge in [-0.3, -0.25) is 15.6 Å². The number of nitrogens with one attached hydrogen (secondary N) is 2. The first-order valence-electron chi connectivity index (χ1n) is 4.22. The van der Waals surface area contributed by atoms with E-state index in [-0.39, 0.29) is 17.7 Å². The van der Waals surface area contributed by atoms with E-state index in [0.717, 1.165) is 12.1 Å². The second kappa shape index (κ2) is 4.61. The molecule has 0 saturated carbocycles. The quantitative estimate of drug-likeness (QED) is 0.460. The van der Waals surface area contributed by atoms with Crippen LogP contribution in [0.3, 0.4) is 0 Å². The Morgan fingerprint density at radius 1 is 1.31 bits per heavy atom. The second-order valence-electron chi connectivity index (χ2n) is 2.96. The standard InChI is InChI=1S/C10H8F2N2O2/c1-5(13)16-10(14)6-2-8(11)7(4-15)9(12)3-6/h2-4,13-14H,1H3. The molecule has 0 heterocycles. The van der Waals surface area contributed by atoms with E-state index >= 15 is 0 Å². The summed E-state index contributed by atoms with van der Waals surface area (Å²) in [5, 5.41) is 14.2. The molecule has 0 unspecified atom stereocenters. The van der Waals surface area contributed by atoms with Crippen molar-refractivity contribution in [3.8, 4) is 0 Å². The summed E-state index contributed by atoms with van der Waals surface area (Å²) in [6.45, 7) is 1.28. The van der Waals surface area contributed by atoms with E-state index in [1.807, 2.05) is 0 Å². The van der Waals surface area contributed by atoms with Gasteiger partial charge in [-0.2, -0.15) is 0 Å². The minimum atomic E-state index is -1.07. The van der Waals surface area contributed by atoms with Crippen molar-refractivity contribution in [3.05, 3.63) is 34.9 Å². The fourth-order valence-electron chi connectivity index (χ4n) is 1.04. The third-order valence-electron chi connectivity index (χ3n) is 1.71. The molecule has 1 aromatic rings. The fourth-order valence-corrected chi connectivity index (χ4v) is 1.04. The highest BCUT2D eigenvalue weighted by molar-refractivity contribution is 5.99. The van der Waals surface area contributed by atoms with Gasteiger partial charge in [0.15, 0.2) is 12.2 Å². The maximum atomic E-state index is 13.1. The van der Waals surface area contributed by atoms with Crippen molar-refractivity contribution in [2.45, 2.75) is 6.92 Å². The molecule has 84 valence electrons. The monoisotopic (exact) mass is 226 g/mol. The van der Waals surface area contributed by atoms with Crippen molar-refractivity contribution < 1.29 is 18.3 Å². The number of halogens is 2. The summed E-state index contributed by atoms with van der Waals surface area (Å²) in [5.41, 5.74) is -0.865. The van der Waals surface area contributed by atoms with Crippen LogP contribution in [-0.2, 0) is 4.74 Å². The topological polar surface area (TPSA) is 74.0 Å². The Labute approximate surface area is 89.9 Å². The summed E-state index contributed by atoms with van der Waals surface area (Å²) in [7, 11) is 0. The Balaban J connectivity index is 3.13. The second-order valence-corrected chi connectivity index (χ2v) is 2.96. The summed E-state index contributed by atoms with van der Waals surface area (Å²) in [4.78, 5) is 10.3. The summed E-state index contributed by atoms with van der Waals surface area (Å²) in [6.07, 6.45) is 0.0563. The number of rotatable bonds is 2. The van der Waals surface area contributed by atoms with Gasteiger partial charge in [0.25, 0.3) is 0 Å². The van der Waals surface area contributed by atoms with Crippen LogP contribution in [0.2, 0.25) is 0 Å². The molecule has 4 nitrogen and oxygen atoms in total. The first-order chi connectivity index (χ1) is 7.45. The highest BCUT2D eigenvalue weighted by atomic mass is 19.1. The number of aldehydes is 1. The van der Waals surface area contributed by atoms with Crippen LogP contribution in [0.5, 0.6) is 0 Å². The predicted molar refractivity (Wildman–Crippen MR) is 53.1 cm³/mol. The van der Waals surface area contributed by atoms with E-state index in [9.17, 15) is 13.6 Å². The highest BCUT2D eigenvalue weighted by Gasteiger charge is 2.13. The molecule has 0 radical (unpaired) electrons. The number of carbonyl (C=O) groups excluding carboxylic acids is 1. The average molecular weight is 226 g/mol. The zero-order valence-electron chi connectivity index (χ0n) is 8.30. The van der Waals surface area contributed by atoms with Crippen molar-refractivity contribution in [2.75, 3.05) is 0 Å². The molecule has 0 bridgehead atoms. The molecule has 0 saturated heterocycles. The Bertz CT molecular complexity index is 449.